The first-order chi connectivity index (χ1) is 15.0. The van der Waals surface area contributed by atoms with E-state index in [1.54, 1.807) is 22.3 Å². The Balaban J connectivity index is 1.62. The van der Waals surface area contributed by atoms with Crippen molar-refractivity contribution in [3.8, 4) is 28.5 Å². The lowest BCUT2D eigenvalue weighted by atomic mass is 9.94. The molecule has 2 aromatic heterocycles. The number of benzene rings is 2. The molecule has 31 heavy (non-hydrogen) atoms. The van der Waals surface area contributed by atoms with Crippen molar-refractivity contribution in [1.29, 1.82) is 5.26 Å². The average molecular weight is 426 g/mol. The molecule has 7 heteroatoms. The Morgan fingerprint density at radius 3 is 2.90 bits per heavy atom. The van der Waals surface area contributed by atoms with E-state index in [2.05, 4.69) is 41.2 Å². The molecule has 152 valence electrons. The number of rotatable bonds is 4. The number of amides is 1. The lowest BCUT2D eigenvalue weighted by molar-refractivity contribution is 0.0794. The van der Waals surface area contributed by atoms with E-state index in [1.165, 1.54) is 4.88 Å². The van der Waals surface area contributed by atoms with Crippen molar-refractivity contribution >= 4 is 33.8 Å². The van der Waals surface area contributed by atoms with Gasteiger partial charge in [-0.2, -0.15) is 10.4 Å². The van der Waals surface area contributed by atoms with E-state index in [1.807, 2.05) is 24.3 Å². The minimum Gasteiger partial charge on any atom is -0.398 e. The van der Waals surface area contributed by atoms with E-state index in [0.29, 0.717) is 23.4 Å². The summed E-state index contributed by atoms with van der Waals surface area (Å²) in [7, 11) is 0. The minimum absolute atomic E-state index is 0.162. The fourth-order valence-corrected chi connectivity index (χ4v) is 4.82. The van der Waals surface area contributed by atoms with Gasteiger partial charge in [-0.3, -0.25) is 9.89 Å². The lowest BCUT2D eigenvalue weighted by Crippen LogP contribution is -2.26. The number of nitrogens with two attached hydrogens (primary N) is 1. The van der Waals surface area contributed by atoms with Crippen LogP contribution in [0.15, 0.2) is 53.9 Å². The number of nitriles is 1. The number of aromatic nitrogens is 2. The number of anilines is 1. The predicted molar refractivity (Wildman–Crippen MR) is 123 cm³/mol. The molecule has 0 radical (unpaired) electrons. The summed E-state index contributed by atoms with van der Waals surface area (Å²) in [4.78, 5) is 15.8. The van der Waals surface area contributed by atoms with Crippen LogP contribution in [0.5, 0.6) is 0 Å². The van der Waals surface area contributed by atoms with Gasteiger partial charge in [-0.1, -0.05) is 18.7 Å². The molecule has 4 aromatic rings. The van der Waals surface area contributed by atoms with Crippen LogP contribution in [0, 0.1) is 18.3 Å². The van der Waals surface area contributed by atoms with Gasteiger partial charge in [-0.25, -0.2) is 0 Å². The van der Waals surface area contributed by atoms with Gasteiger partial charge in [-0.15, -0.1) is 11.3 Å². The summed E-state index contributed by atoms with van der Waals surface area (Å²) in [6, 6.07) is 14.0. The molecule has 0 atom stereocenters. The monoisotopic (exact) mass is 425 g/mol. The first kappa shape index (κ1) is 19.1. The number of H-pyrrole nitrogens is 1. The SMILES string of the molecule is C=C(C#N)CN1Cc2c(-c3ccc4[nH]nc(-c5csc(C)c5)c4c3)ccc(N)c2C1=O. The molecule has 1 aliphatic rings. The van der Waals surface area contributed by atoms with E-state index >= 15 is 0 Å². The second-order valence-corrected chi connectivity index (χ2v) is 8.83. The van der Waals surface area contributed by atoms with Crippen molar-refractivity contribution in [2.24, 2.45) is 0 Å². The number of hydrogen-bond donors (Lipinski definition) is 2. The Morgan fingerprint density at radius 2 is 2.16 bits per heavy atom. The van der Waals surface area contributed by atoms with Gasteiger partial charge in [0.1, 0.15) is 5.69 Å². The molecule has 1 aliphatic heterocycles. The van der Waals surface area contributed by atoms with Gasteiger partial charge in [0, 0.05) is 39.0 Å². The Hall–Kier alpha value is -3.89. The van der Waals surface area contributed by atoms with Gasteiger partial charge >= 0.3 is 0 Å². The quantitative estimate of drug-likeness (QED) is 0.359. The molecular weight excluding hydrogens is 406 g/mol. The zero-order valence-corrected chi connectivity index (χ0v) is 17.7. The summed E-state index contributed by atoms with van der Waals surface area (Å²) in [5.41, 5.74) is 13.3. The average Bonchev–Trinajstić information content (AvgIpc) is 3.45. The Bertz CT molecular complexity index is 1420. The zero-order chi connectivity index (χ0) is 21.7. The van der Waals surface area contributed by atoms with Crippen LogP contribution in [0.4, 0.5) is 5.69 Å². The van der Waals surface area contributed by atoms with E-state index < -0.39 is 0 Å². The van der Waals surface area contributed by atoms with E-state index in [-0.39, 0.29) is 12.5 Å². The van der Waals surface area contributed by atoms with Crippen molar-refractivity contribution in [3.05, 3.63) is 69.9 Å². The normalized spacial score (nSPS) is 12.9. The van der Waals surface area contributed by atoms with Crippen LogP contribution in [0.1, 0.15) is 20.8 Å². The van der Waals surface area contributed by atoms with Crippen LogP contribution < -0.4 is 5.73 Å². The fraction of sp³-hybridized carbons (Fsp3) is 0.125. The number of nitrogens with one attached hydrogen (secondary N) is 1. The van der Waals surface area contributed by atoms with Gasteiger partial charge in [0.15, 0.2) is 0 Å². The van der Waals surface area contributed by atoms with Gasteiger partial charge in [0.05, 0.1) is 23.7 Å². The molecule has 0 spiro atoms. The highest BCUT2D eigenvalue weighted by Gasteiger charge is 2.32. The maximum atomic E-state index is 12.9. The summed E-state index contributed by atoms with van der Waals surface area (Å²) in [6.45, 7) is 6.39. The van der Waals surface area contributed by atoms with E-state index in [0.717, 1.165) is 38.9 Å². The maximum Gasteiger partial charge on any atom is 0.256 e. The third-order valence-corrected chi connectivity index (χ3v) is 6.47. The van der Waals surface area contributed by atoms with Crippen LogP contribution in [-0.4, -0.2) is 27.5 Å². The molecule has 3 heterocycles. The highest BCUT2D eigenvalue weighted by molar-refractivity contribution is 7.10. The molecule has 0 fully saturated rings. The van der Waals surface area contributed by atoms with Gasteiger partial charge in [-0.05, 0) is 47.9 Å². The number of aryl methyl sites for hydroxylation is 1. The smallest absolute Gasteiger partial charge is 0.256 e. The van der Waals surface area contributed by atoms with Crippen molar-refractivity contribution < 1.29 is 4.79 Å². The second-order valence-electron chi connectivity index (χ2n) is 7.71. The first-order valence-corrected chi connectivity index (χ1v) is 10.7. The number of carbonyl (C=O) groups excluding carboxylic acids is 1. The van der Waals surface area contributed by atoms with E-state index in [4.69, 9.17) is 11.0 Å². The van der Waals surface area contributed by atoms with Crippen LogP contribution in [0.2, 0.25) is 0 Å². The molecule has 0 aliphatic carbocycles. The molecule has 6 nitrogen and oxygen atoms in total. The molecular formula is C24H19N5OS. The molecule has 0 unspecified atom stereocenters. The second kappa shape index (κ2) is 7.11. The highest BCUT2D eigenvalue weighted by atomic mass is 32.1. The Kier molecular flexibility index (Phi) is 4.38. The molecule has 5 rings (SSSR count). The van der Waals surface area contributed by atoms with E-state index in [9.17, 15) is 4.79 Å². The number of hydrogen-bond acceptors (Lipinski definition) is 5. The largest absolute Gasteiger partial charge is 0.398 e. The van der Waals surface area contributed by atoms with Crippen molar-refractivity contribution in [2.45, 2.75) is 13.5 Å². The molecule has 0 saturated heterocycles. The molecule has 1 amide bonds. The van der Waals surface area contributed by atoms with Crippen LogP contribution >= 0.6 is 11.3 Å². The number of nitrogens with zero attached hydrogens (tertiary/aromatic N) is 3. The van der Waals surface area contributed by atoms with Gasteiger partial charge in [0.2, 0.25) is 0 Å². The van der Waals surface area contributed by atoms with Crippen LogP contribution in [-0.2, 0) is 6.54 Å². The zero-order valence-electron chi connectivity index (χ0n) is 16.9. The topological polar surface area (TPSA) is 98.8 Å². The summed E-state index contributed by atoms with van der Waals surface area (Å²) >= 11 is 1.70. The summed E-state index contributed by atoms with van der Waals surface area (Å²) in [5.74, 6) is -0.162. The van der Waals surface area contributed by atoms with Crippen molar-refractivity contribution in [1.82, 2.24) is 15.1 Å². The molecule has 3 N–H and O–H groups in total. The minimum atomic E-state index is -0.162. The standard InChI is InChI=1S/C24H19N5OS/c1-13(9-25)10-29-11-19-17(4-5-20(26)22(19)24(29)30)15-3-6-21-18(8-15)23(28-27-21)16-7-14(2)31-12-16/h3-8,12H,1,10-11,26H2,2H3,(H,27,28). The molecule has 0 bridgehead atoms. The number of fused-ring (bicyclic) bond motifs is 2. The van der Waals surface area contributed by atoms with Crippen LogP contribution in [0.3, 0.4) is 0 Å². The summed E-state index contributed by atoms with van der Waals surface area (Å²) < 4.78 is 0. The Labute approximate surface area is 183 Å². The third kappa shape index (κ3) is 3.09. The van der Waals surface area contributed by atoms with Crippen molar-refractivity contribution in [2.75, 3.05) is 12.3 Å². The highest BCUT2D eigenvalue weighted by Crippen LogP contribution is 2.38. The fourth-order valence-electron chi connectivity index (χ4n) is 4.14. The lowest BCUT2D eigenvalue weighted by Gasteiger charge is -2.14. The van der Waals surface area contributed by atoms with Gasteiger partial charge in [0.25, 0.3) is 5.91 Å². The predicted octanol–water partition coefficient (Wildman–Crippen LogP) is 4.88. The summed E-state index contributed by atoms with van der Waals surface area (Å²) in [5, 5.41) is 19.8. The number of carbonyl (C=O) groups is 1. The summed E-state index contributed by atoms with van der Waals surface area (Å²) in [6.07, 6.45) is 0. The molecule has 0 saturated carbocycles. The number of thiophene rings is 1. The van der Waals surface area contributed by atoms with Crippen molar-refractivity contribution in [3.63, 3.8) is 0 Å². The number of aromatic amines is 1. The maximum absolute atomic E-state index is 12.9. The van der Waals surface area contributed by atoms with Gasteiger partial charge < -0.3 is 10.6 Å². The first-order valence-electron chi connectivity index (χ1n) is 9.78. The third-order valence-electron chi connectivity index (χ3n) is 5.61. The number of nitrogen functional groups attached to an aromatic ring is 1. The van der Waals surface area contributed by atoms with Crippen LogP contribution in [0.25, 0.3) is 33.3 Å². The Morgan fingerprint density at radius 1 is 1.32 bits per heavy atom. The molecule has 2 aromatic carbocycles.